The number of rotatable bonds is 2. The molecule has 0 radical (unpaired) electrons. The standard InChI is InChI=1S/C11H8N2O4/c12-8-3-1-7(2-4-8)11(16)17-13-9(14)5-6-10(13)15/h1-6H,12H2. The predicted octanol–water partition coefficient (Wildman–Crippen LogP) is 0.266. The van der Waals surface area contributed by atoms with Crippen LogP contribution in [0.4, 0.5) is 5.69 Å². The van der Waals surface area contributed by atoms with Crippen LogP contribution >= 0.6 is 0 Å². The third-order valence-electron chi connectivity index (χ3n) is 2.09. The number of nitrogens with two attached hydrogens (primary N) is 1. The van der Waals surface area contributed by atoms with Crippen molar-refractivity contribution in [1.82, 2.24) is 5.06 Å². The Morgan fingerprint density at radius 2 is 1.59 bits per heavy atom. The van der Waals surface area contributed by atoms with Crippen LogP contribution in [0.1, 0.15) is 10.4 Å². The molecule has 86 valence electrons. The van der Waals surface area contributed by atoms with E-state index in [9.17, 15) is 14.4 Å². The van der Waals surface area contributed by atoms with Gasteiger partial charge in [-0.3, -0.25) is 9.59 Å². The molecule has 17 heavy (non-hydrogen) atoms. The Hall–Kier alpha value is -2.63. The van der Waals surface area contributed by atoms with Gasteiger partial charge in [-0.15, -0.1) is 0 Å². The van der Waals surface area contributed by atoms with Crippen molar-refractivity contribution in [3.05, 3.63) is 42.0 Å². The molecule has 0 spiro atoms. The summed E-state index contributed by atoms with van der Waals surface area (Å²) in [5.41, 5.74) is 6.15. The van der Waals surface area contributed by atoms with Gasteiger partial charge in [0.25, 0.3) is 11.8 Å². The van der Waals surface area contributed by atoms with E-state index in [0.29, 0.717) is 10.8 Å². The Balaban J connectivity index is 2.10. The lowest BCUT2D eigenvalue weighted by Crippen LogP contribution is -2.32. The fourth-order valence-corrected chi connectivity index (χ4v) is 1.23. The monoisotopic (exact) mass is 232 g/mol. The van der Waals surface area contributed by atoms with Gasteiger partial charge in [0.05, 0.1) is 5.56 Å². The second kappa shape index (κ2) is 4.09. The van der Waals surface area contributed by atoms with Gasteiger partial charge in [-0.05, 0) is 24.3 Å². The van der Waals surface area contributed by atoms with Crippen LogP contribution in [0.25, 0.3) is 0 Å². The molecule has 2 N–H and O–H groups in total. The summed E-state index contributed by atoms with van der Waals surface area (Å²) in [5.74, 6) is -2.16. The molecule has 0 bridgehead atoms. The molecule has 6 nitrogen and oxygen atoms in total. The maximum atomic E-state index is 11.6. The zero-order chi connectivity index (χ0) is 12.4. The third kappa shape index (κ3) is 2.15. The number of anilines is 1. The predicted molar refractivity (Wildman–Crippen MR) is 57.3 cm³/mol. The van der Waals surface area contributed by atoms with Crippen LogP contribution in [0, 0.1) is 0 Å². The largest absolute Gasteiger partial charge is 0.399 e. The van der Waals surface area contributed by atoms with Crippen LogP contribution in [0.2, 0.25) is 0 Å². The first kappa shape index (κ1) is 10.9. The van der Waals surface area contributed by atoms with Gasteiger partial charge in [0.15, 0.2) is 0 Å². The van der Waals surface area contributed by atoms with E-state index in [-0.39, 0.29) is 5.56 Å². The van der Waals surface area contributed by atoms with E-state index in [0.717, 1.165) is 12.2 Å². The summed E-state index contributed by atoms with van der Waals surface area (Å²) in [5, 5.41) is 0.401. The van der Waals surface area contributed by atoms with Crippen molar-refractivity contribution >= 4 is 23.5 Å². The van der Waals surface area contributed by atoms with Crippen LogP contribution in [0.15, 0.2) is 36.4 Å². The molecule has 0 unspecified atom stereocenters. The highest BCUT2D eigenvalue weighted by molar-refractivity contribution is 6.12. The van der Waals surface area contributed by atoms with Gasteiger partial charge < -0.3 is 10.6 Å². The van der Waals surface area contributed by atoms with E-state index in [1.807, 2.05) is 0 Å². The Kier molecular flexibility index (Phi) is 2.61. The minimum absolute atomic E-state index is 0.201. The maximum absolute atomic E-state index is 11.6. The summed E-state index contributed by atoms with van der Waals surface area (Å²) >= 11 is 0. The van der Waals surface area contributed by atoms with Crippen molar-refractivity contribution in [3.8, 4) is 0 Å². The first-order valence-electron chi connectivity index (χ1n) is 4.72. The molecule has 0 fully saturated rings. The summed E-state index contributed by atoms with van der Waals surface area (Å²) in [6.07, 6.45) is 2.05. The van der Waals surface area contributed by atoms with Crippen molar-refractivity contribution < 1.29 is 19.2 Å². The lowest BCUT2D eigenvalue weighted by atomic mass is 10.2. The smallest absolute Gasteiger partial charge is 0.363 e. The number of hydroxylamine groups is 2. The zero-order valence-corrected chi connectivity index (χ0v) is 8.62. The average molecular weight is 232 g/mol. The van der Waals surface area contributed by atoms with E-state index < -0.39 is 17.8 Å². The van der Waals surface area contributed by atoms with Gasteiger partial charge in [0, 0.05) is 17.8 Å². The number of nitrogens with zero attached hydrogens (tertiary/aromatic N) is 1. The number of hydrogen-bond donors (Lipinski definition) is 1. The van der Waals surface area contributed by atoms with Crippen molar-refractivity contribution in [1.29, 1.82) is 0 Å². The molecule has 2 rings (SSSR count). The number of carbonyl (C=O) groups excluding carboxylic acids is 3. The molecule has 1 heterocycles. The third-order valence-corrected chi connectivity index (χ3v) is 2.09. The molecular weight excluding hydrogens is 224 g/mol. The fraction of sp³-hybridized carbons (Fsp3) is 0. The van der Waals surface area contributed by atoms with E-state index in [2.05, 4.69) is 4.84 Å². The number of benzene rings is 1. The van der Waals surface area contributed by atoms with Crippen molar-refractivity contribution in [2.24, 2.45) is 0 Å². The number of hydrogen-bond acceptors (Lipinski definition) is 5. The van der Waals surface area contributed by atoms with Gasteiger partial charge in [0.1, 0.15) is 0 Å². The molecule has 6 heteroatoms. The maximum Gasteiger partial charge on any atom is 0.363 e. The van der Waals surface area contributed by atoms with E-state index in [4.69, 9.17) is 5.73 Å². The summed E-state index contributed by atoms with van der Waals surface area (Å²) in [6.45, 7) is 0. The number of nitrogen functional groups attached to an aromatic ring is 1. The molecule has 1 aromatic rings. The first-order valence-corrected chi connectivity index (χ1v) is 4.72. The van der Waals surface area contributed by atoms with Crippen LogP contribution in [-0.4, -0.2) is 22.8 Å². The summed E-state index contributed by atoms with van der Waals surface area (Å²) in [7, 11) is 0. The van der Waals surface area contributed by atoms with Crippen molar-refractivity contribution in [2.75, 3.05) is 5.73 Å². The second-order valence-corrected chi connectivity index (χ2v) is 3.30. The van der Waals surface area contributed by atoms with Gasteiger partial charge in [-0.25, -0.2) is 4.79 Å². The molecule has 0 saturated carbocycles. The molecule has 0 aliphatic carbocycles. The highest BCUT2D eigenvalue weighted by Crippen LogP contribution is 2.10. The number of carbonyl (C=O) groups is 3. The molecular formula is C11H8N2O4. The Bertz CT molecular complexity index is 501. The topological polar surface area (TPSA) is 89.7 Å². The normalized spacial score (nSPS) is 14.2. The SMILES string of the molecule is Nc1ccc(C(=O)ON2C(=O)C=CC2=O)cc1. The number of amides is 2. The first-order chi connectivity index (χ1) is 8.08. The van der Waals surface area contributed by atoms with Gasteiger partial charge in [-0.1, -0.05) is 5.06 Å². The molecule has 0 aromatic heterocycles. The van der Waals surface area contributed by atoms with Gasteiger partial charge in [0.2, 0.25) is 0 Å². The molecule has 0 saturated heterocycles. The summed E-state index contributed by atoms with van der Waals surface area (Å²) in [6, 6.07) is 5.91. The molecule has 1 aromatic carbocycles. The van der Waals surface area contributed by atoms with Gasteiger partial charge in [-0.2, -0.15) is 0 Å². The highest BCUT2D eigenvalue weighted by Gasteiger charge is 2.28. The molecule has 2 amide bonds. The molecule has 1 aliphatic heterocycles. The van der Waals surface area contributed by atoms with Crippen molar-refractivity contribution in [2.45, 2.75) is 0 Å². The van der Waals surface area contributed by atoms with E-state index >= 15 is 0 Å². The Morgan fingerprint density at radius 1 is 1.06 bits per heavy atom. The minimum atomic E-state index is -0.796. The van der Waals surface area contributed by atoms with E-state index in [1.165, 1.54) is 24.3 Å². The van der Waals surface area contributed by atoms with Crippen LogP contribution < -0.4 is 5.73 Å². The molecule has 0 atom stereocenters. The second-order valence-electron chi connectivity index (χ2n) is 3.30. The summed E-state index contributed by atoms with van der Waals surface area (Å²) < 4.78 is 0. The Morgan fingerprint density at radius 3 is 2.12 bits per heavy atom. The quantitative estimate of drug-likeness (QED) is 0.583. The van der Waals surface area contributed by atoms with E-state index in [1.54, 1.807) is 0 Å². The van der Waals surface area contributed by atoms with Crippen LogP contribution in [0.3, 0.4) is 0 Å². The fourth-order valence-electron chi connectivity index (χ4n) is 1.23. The molecule has 1 aliphatic rings. The lowest BCUT2D eigenvalue weighted by Gasteiger charge is -2.12. The summed E-state index contributed by atoms with van der Waals surface area (Å²) in [4.78, 5) is 38.5. The van der Waals surface area contributed by atoms with Crippen LogP contribution in [-0.2, 0) is 14.4 Å². The minimum Gasteiger partial charge on any atom is -0.399 e. The van der Waals surface area contributed by atoms with Crippen molar-refractivity contribution in [3.63, 3.8) is 0 Å². The van der Waals surface area contributed by atoms with Crippen LogP contribution in [0.5, 0.6) is 0 Å². The number of imide groups is 1. The Labute approximate surface area is 96.2 Å². The highest BCUT2D eigenvalue weighted by atomic mass is 16.7. The zero-order valence-electron chi connectivity index (χ0n) is 8.62. The van der Waals surface area contributed by atoms with Gasteiger partial charge >= 0.3 is 5.97 Å². The average Bonchev–Trinajstić information content (AvgIpc) is 2.61. The lowest BCUT2D eigenvalue weighted by molar-refractivity contribution is -0.170.